The number of carbonyl (C=O) groups excluding carboxylic acids is 1. The van der Waals surface area contributed by atoms with Crippen LogP contribution >= 0.6 is 0 Å². The van der Waals surface area contributed by atoms with Crippen LogP contribution in [0.25, 0.3) is 0 Å². The van der Waals surface area contributed by atoms with Crippen molar-refractivity contribution in [2.75, 3.05) is 29.7 Å². The van der Waals surface area contributed by atoms with Crippen molar-refractivity contribution >= 4 is 23.1 Å². The summed E-state index contributed by atoms with van der Waals surface area (Å²) in [5.74, 6) is 0.616. The predicted molar refractivity (Wildman–Crippen MR) is 126 cm³/mol. The van der Waals surface area contributed by atoms with Gasteiger partial charge in [-0.25, -0.2) is 4.98 Å². The van der Waals surface area contributed by atoms with Crippen LogP contribution in [0, 0.1) is 18.3 Å². The van der Waals surface area contributed by atoms with Gasteiger partial charge in [-0.3, -0.25) is 9.48 Å². The van der Waals surface area contributed by atoms with Crippen LogP contribution in [0.2, 0.25) is 0 Å². The number of nitriles is 1. The summed E-state index contributed by atoms with van der Waals surface area (Å²) in [5, 5.41) is 19.8. The van der Waals surface area contributed by atoms with Gasteiger partial charge in [-0.1, -0.05) is 12.1 Å². The lowest BCUT2D eigenvalue weighted by Crippen LogP contribution is -2.52. The molecular formula is C24H27N7O2. The molecule has 0 radical (unpaired) electrons. The molecule has 3 heterocycles. The number of likely N-dealkylation sites (N-methyl/N-ethyl adjacent to an activating group) is 1. The predicted octanol–water partition coefficient (Wildman–Crippen LogP) is 2.91. The zero-order chi connectivity index (χ0) is 23.5. The Morgan fingerprint density at radius 2 is 2.15 bits per heavy atom. The van der Waals surface area contributed by atoms with Gasteiger partial charge in [0.1, 0.15) is 11.9 Å². The highest BCUT2D eigenvalue weighted by atomic mass is 16.5. The third kappa shape index (κ3) is 4.66. The number of aromatic nitrogens is 3. The molecule has 0 saturated carbocycles. The quantitative estimate of drug-likeness (QED) is 0.576. The van der Waals surface area contributed by atoms with Gasteiger partial charge in [-0.2, -0.15) is 10.4 Å². The summed E-state index contributed by atoms with van der Waals surface area (Å²) >= 11 is 0. The number of ether oxygens (including phenoxy) is 1. The van der Waals surface area contributed by atoms with Crippen LogP contribution in [0.5, 0.6) is 0 Å². The normalized spacial score (nSPS) is 16.0. The van der Waals surface area contributed by atoms with Crippen LogP contribution in [-0.2, 0) is 22.6 Å². The fraction of sp³-hybridized carbons (Fsp3) is 0.333. The molecule has 4 rings (SSSR count). The number of benzene rings is 1. The fourth-order valence-corrected chi connectivity index (χ4v) is 4.06. The number of amides is 1. The van der Waals surface area contributed by atoms with Gasteiger partial charge < -0.3 is 20.3 Å². The average Bonchev–Trinajstić information content (AvgIpc) is 3.25. The van der Waals surface area contributed by atoms with Crippen LogP contribution in [0.15, 0.2) is 42.7 Å². The molecule has 0 fully saturated rings. The van der Waals surface area contributed by atoms with Gasteiger partial charge >= 0.3 is 0 Å². The number of anilines is 3. The van der Waals surface area contributed by atoms with E-state index in [0.717, 1.165) is 28.2 Å². The molecule has 1 aromatic carbocycles. The lowest BCUT2D eigenvalue weighted by molar-refractivity contribution is -0.120. The van der Waals surface area contributed by atoms with Crippen LogP contribution in [0.1, 0.15) is 29.3 Å². The molecule has 0 bridgehead atoms. The Hall–Kier alpha value is -3.90. The zero-order valence-electron chi connectivity index (χ0n) is 19.2. The fourth-order valence-electron chi connectivity index (χ4n) is 4.06. The Morgan fingerprint density at radius 3 is 2.91 bits per heavy atom. The van der Waals surface area contributed by atoms with Crippen LogP contribution in [0.4, 0.5) is 17.2 Å². The first kappa shape index (κ1) is 22.3. The molecule has 1 aliphatic heterocycles. The number of aryl methyl sites for hydroxylation is 1. The van der Waals surface area contributed by atoms with Gasteiger partial charge in [-0.15, -0.1) is 0 Å². The van der Waals surface area contributed by atoms with Crippen LogP contribution in [-0.4, -0.2) is 47.0 Å². The van der Waals surface area contributed by atoms with Crippen molar-refractivity contribution in [3.05, 3.63) is 65.1 Å². The van der Waals surface area contributed by atoms with Gasteiger partial charge in [0.15, 0.2) is 0 Å². The van der Waals surface area contributed by atoms with Crippen LogP contribution < -0.4 is 15.5 Å². The van der Waals surface area contributed by atoms with E-state index in [1.54, 1.807) is 13.2 Å². The summed E-state index contributed by atoms with van der Waals surface area (Å²) in [7, 11) is 3.50. The van der Waals surface area contributed by atoms with E-state index >= 15 is 0 Å². The van der Waals surface area contributed by atoms with E-state index < -0.39 is 6.04 Å². The first-order valence-corrected chi connectivity index (χ1v) is 10.7. The maximum Gasteiger partial charge on any atom is 0.249 e. The molecule has 3 aromatic rings. The van der Waals surface area contributed by atoms with Crippen molar-refractivity contribution in [1.29, 1.82) is 5.26 Å². The standard InChI is InChI=1S/C24H27N7O2/c1-15-22-20(30(3)23(16(2)33-4)24(32)29-22)9-21(28-15)26-11-19-12-27-31(14-19)13-18-7-5-6-17(8-18)10-25/h5-9,12,14,16,23H,11,13H2,1-4H3,(H,26,28)(H,29,32). The Labute approximate surface area is 193 Å². The smallest absolute Gasteiger partial charge is 0.249 e. The maximum atomic E-state index is 12.6. The number of methoxy groups -OCH3 is 1. The van der Waals surface area contributed by atoms with Crippen molar-refractivity contribution in [3.63, 3.8) is 0 Å². The molecule has 2 N–H and O–H groups in total. The average molecular weight is 446 g/mol. The number of hydrogen-bond acceptors (Lipinski definition) is 7. The largest absolute Gasteiger partial charge is 0.379 e. The van der Waals surface area contributed by atoms with E-state index in [9.17, 15) is 4.79 Å². The highest BCUT2D eigenvalue weighted by Crippen LogP contribution is 2.36. The number of nitrogens with one attached hydrogen (secondary N) is 2. The summed E-state index contributed by atoms with van der Waals surface area (Å²) in [6.07, 6.45) is 3.53. The van der Waals surface area contributed by atoms with Gasteiger partial charge in [0, 0.05) is 38.5 Å². The Morgan fingerprint density at radius 1 is 1.33 bits per heavy atom. The van der Waals surface area contributed by atoms with E-state index in [1.807, 2.05) is 67.1 Å². The van der Waals surface area contributed by atoms with E-state index in [1.165, 1.54) is 0 Å². The number of pyridine rings is 1. The molecular weight excluding hydrogens is 418 g/mol. The number of carbonyl (C=O) groups is 1. The van der Waals surface area contributed by atoms with E-state index in [4.69, 9.17) is 10.00 Å². The second-order valence-corrected chi connectivity index (χ2v) is 8.18. The highest BCUT2D eigenvalue weighted by Gasteiger charge is 2.36. The Bertz CT molecular complexity index is 1210. The van der Waals surface area contributed by atoms with E-state index in [2.05, 4.69) is 26.8 Å². The van der Waals surface area contributed by atoms with Crippen molar-refractivity contribution < 1.29 is 9.53 Å². The summed E-state index contributed by atoms with van der Waals surface area (Å²) in [5.41, 5.74) is 5.03. The molecule has 0 saturated heterocycles. The third-order valence-electron chi connectivity index (χ3n) is 5.87. The monoisotopic (exact) mass is 445 g/mol. The summed E-state index contributed by atoms with van der Waals surface area (Å²) < 4.78 is 7.26. The molecule has 9 heteroatoms. The molecule has 33 heavy (non-hydrogen) atoms. The topological polar surface area (TPSA) is 108 Å². The minimum atomic E-state index is -0.421. The Kier molecular flexibility index (Phi) is 6.29. The molecule has 0 spiro atoms. The van der Waals surface area contributed by atoms with Gasteiger partial charge in [-0.05, 0) is 31.5 Å². The first-order chi connectivity index (χ1) is 15.9. The maximum absolute atomic E-state index is 12.6. The summed E-state index contributed by atoms with van der Waals surface area (Å²) in [6.45, 7) is 4.91. The zero-order valence-corrected chi connectivity index (χ0v) is 19.2. The summed E-state index contributed by atoms with van der Waals surface area (Å²) in [4.78, 5) is 19.1. The minimum absolute atomic E-state index is 0.0994. The molecule has 0 aliphatic carbocycles. The van der Waals surface area contributed by atoms with Crippen molar-refractivity contribution in [2.24, 2.45) is 0 Å². The first-order valence-electron chi connectivity index (χ1n) is 10.7. The minimum Gasteiger partial charge on any atom is -0.379 e. The lowest BCUT2D eigenvalue weighted by Gasteiger charge is -2.38. The number of nitrogens with zero attached hydrogens (tertiary/aromatic N) is 5. The third-order valence-corrected chi connectivity index (χ3v) is 5.87. The molecule has 1 amide bonds. The van der Waals surface area contributed by atoms with Gasteiger partial charge in [0.25, 0.3) is 0 Å². The highest BCUT2D eigenvalue weighted by molar-refractivity contribution is 6.04. The number of hydrogen-bond donors (Lipinski definition) is 2. The molecule has 2 unspecified atom stereocenters. The second-order valence-electron chi connectivity index (χ2n) is 8.18. The van der Waals surface area contributed by atoms with Gasteiger partial charge in [0.05, 0.1) is 47.5 Å². The van der Waals surface area contributed by atoms with Crippen molar-refractivity contribution in [3.8, 4) is 6.07 Å². The van der Waals surface area contributed by atoms with Gasteiger partial charge in [0.2, 0.25) is 5.91 Å². The molecule has 9 nitrogen and oxygen atoms in total. The lowest BCUT2D eigenvalue weighted by atomic mass is 10.0. The van der Waals surface area contributed by atoms with Crippen molar-refractivity contribution in [1.82, 2.24) is 14.8 Å². The number of rotatable bonds is 7. The molecule has 1 aliphatic rings. The summed E-state index contributed by atoms with van der Waals surface area (Å²) in [6, 6.07) is 11.2. The molecule has 170 valence electrons. The van der Waals surface area contributed by atoms with Crippen LogP contribution in [0.3, 0.4) is 0 Å². The van der Waals surface area contributed by atoms with E-state index in [-0.39, 0.29) is 12.0 Å². The van der Waals surface area contributed by atoms with E-state index in [0.29, 0.717) is 24.5 Å². The Balaban J connectivity index is 1.47. The molecule has 2 atom stereocenters. The SMILES string of the molecule is COC(C)C1C(=O)Nc2c(cc(NCc3cnn(Cc4cccc(C#N)c4)c3)nc2C)N1C. The molecule has 2 aromatic heterocycles. The van der Waals surface area contributed by atoms with Crippen molar-refractivity contribution in [2.45, 2.75) is 39.1 Å². The second kappa shape index (κ2) is 9.30. The number of fused-ring (bicyclic) bond motifs is 1.